The minimum Gasteiger partial charge on any atom is -0.324 e. The van der Waals surface area contributed by atoms with Crippen LogP contribution in [0.2, 0.25) is 0 Å². The van der Waals surface area contributed by atoms with Gasteiger partial charge >= 0.3 is 0 Å². The molecule has 0 saturated heterocycles. The molecule has 0 fully saturated rings. The van der Waals surface area contributed by atoms with E-state index in [-0.39, 0.29) is 17.1 Å². The number of fused-ring (bicyclic) bond motifs is 1. The van der Waals surface area contributed by atoms with Crippen molar-refractivity contribution in [2.24, 2.45) is 0 Å². The zero-order valence-electron chi connectivity index (χ0n) is 13.8. The summed E-state index contributed by atoms with van der Waals surface area (Å²) in [7, 11) is 0. The molecule has 1 atom stereocenters. The maximum absolute atomic E-state index is 12.7. The molecule has 0 saturated carbocycles. The molecule has 0 spiro atoms. The molecule has 4 nitrogen and oxygen atoms in total. The molecule has 2 aromatic carbocycles. The lowest BCUT2D eigenvalue weighted by Crippen LogP contribution is -2.32. The van der Waals surface area contributed by atoms with E-state index in [1.807, 2.05) is 62.4 Å². The van der Waals surface area contributed by atoms with Gasteiger partial charge in [0.2, 0.25) is 11.8 Å². The average molecular weight is 340 g/mol. The first-order valence-corrected chi connectivity index (χ1v) is 8.92. The number of nitrogens with zero attached hydrogens (tertiary/aromatic N) is 1. The molecule has 1 aliphatic heterocycles. The van der Waals surface area contributed by atoms with E-state index in [1.54, 1.807) is 16.7 Å². The van der Waals surface area contributed by atoms with Crippen molar-refractivity contribution in [2.45, 2.75) is 30.4 Å². The van der Waals surface area contributed by atoms with Crippen LogP contribution in [0.3, 0.4) is 0 Å². The van der Waals surface area contributed by atoms with E-state index in [1.165, 1.54) is 0 Å². The van der Waals surface area contributed by atoms with Crippen LogP contribution in [-0.4, -0.2) is 23.6 Å². The summed E-state index contributed by atoms with van der Waals surface area (Å²) in [6.45, 7) is 4.48. The number of nitrogens with one attached hydrogen (secondary N) is 1. The molecule has 0 bridgehead atoms. The van der Waals surface area contributed by atoms with Gasteiger partial charge in [0.15, 0.2) is 0 Å². The molecular weight excluding hydrogens is 320 g/mol. The van der Waals surface area contributed by atoms with Crippen molar-refractivity contribution in [1.29, 1.82) is 0 Å². The number of amides is 2. The molecule has 0 aliphatic carbocycles. The minimum atomic E-state index is -0.0846. The smallest absolute Gasteiger partial charge is 0.237 e. The van der Waals surface area contributed by atoms with Gasteiger partial charge in [-0.1, -0.05) is 24.3 Å². The molecule has 3 rings (SSSR count). The number of rotatable bonds is 4. The Balaban J connectivity index is 1.77. The van der Waals surface area contributed by atoms with Gasteiger partial charge in [-0.2, -0.15) is 0 Å². The van der Waals surface area contributed by atoms with Gasteiger partial charge in [-0.3, -0.25) is 9.59 Å². The fourth-order valence-electron chi connectivity index (χ4n) is 2.75. The van der Waals surface area contributed by atoms with Gasteiger partial charge in [0.1, 0.15) is 0 Å². The maximum Gasteiger partial charge on any atom is 0.237 e. The fourth-order valence-corrected chi connectivity index (χ4v) is 3.68. The lowest BCUT2D eigenvalue weighted by Gasteiger charge is -2.23. The number of hydrogen-bond donors (Lipinski definition) is 1. The summed E-state index contributed by atoms with van der Waals surface area (Å²) in [6, 6.07) is 15.5. The first-order chi connectivity index (χ1) is 11.6. The summed E-state index contributed by atoms with van der Waals surface area (Å²) in [5, 5.41) is 2.83. The number of thioether (sulfide) groups is 1. The largest absolute Gasteiger partial charge is 0.324 e. The van der Waals surface area contributed by atoms with Crippen molar-refractivity contribution >= 4 is 35.0 Å². The monoisotopic (exact) mass is 340 g/mol. The standard InChI is InChI=1S/C19H20N2O2S/c1-3-21(15-7-5-4-6-8-15)18(22)12-14-9-10-17-16(11-14)20-19(23)13(2)24-17/h4-11,13H,3,12H2,1-2H3,(H,20,23). The minimum absolute atomic E-state index is 0.00967. The number of anilines is 2. The highest BCUT2D eigenvalue weighted by atomic mass is 32.2. The van der Waals surface area contributed by atoms with E-state index in [0.717, 1.165) is 21.8 Å². The number of likely N-dealkylation sites (N-methyl/N-ethyl adjacent to an activating group) is 1. The van der Waals surface area contributed by atoms with Gasteiger partial charge in [-0.15, -0.1) is 11.8 Å². The van der Waals surface area contributed by atoms with Crippen LogP contribution in [0.15, 0.2) is 53.4 Å². The molecule has 0 radical (unpaired) electrons. The highest BCUT2D eigenvalue weighted by Gasteiger charge is 2.23. The van der Waals surface area contributed by atoms with Gasteiger partial charge in [-0.05, 0) is 43.7 Å². The van der Waals surface area contributed by atoms with E-state index >= 15 is 0 Å². The van der Waals surface area contributed by atoms with Crippen molar-refractivity contribution in [2.75, 3.05) is 16.8 Å². The molecule has 2 aromatic rings. The van der Waals surface area contributed by atoms with E-state index in [9.17, 15) is 9.59 Å². The number of hydrogen-bond acceptors (Lipinski definition) is 3. The summed E-state index contributed by atoms with van der Waals surface area (Å²) in [5.74, 6) is 0.0576. The predicted octanol–water partition coefficient (Wildman–Crippen LogP) is 3.71. The topological polar surface area (TPSA) is 49.4 Å². The molecule has 5 heteroatoms. The number of para-hydroxylation sites is 1. The van der Waals surface area contributed by atoms with E-state index in [4.69, 9.17) is 0 Å². The van der Waals surface area contributed by atoms with Crippen LogP contribution >= 0.6 is 11.8 Å². The van der Waals surface area contributed by atoms with E-state index in [2.05, 4.69) is 5.32 Å². The van der Waals surface area contributed by atoms with Gasteiger partial charge in [0.25, 0.3) is 0 Å². The SMILES string of the molecule is CCN(C(=O)Cc1ccc2c(c1)NC(=O)C(C)S2)c1ccccc1. The zero-order valence-corrected chi connectivity index (χ0v) is 14.6. The Morgan fingerprint density at radius 2 is 1.96 bits per heavy atom. The second kappa shape index (κ2) is 7.09. The van der Waals surface area contributed by atoms with Gasteiger partial charge in [0, 0.05) is 17.1 Å². The molecule has 1 aliphatic rings. The quantitative estimate of drug-likeness (QED) is 0.923. The van der Waals surface area contributed by atoms with Gasteiger partial charge < -0.3 is 10.2 Å². The van der Waals surface area contributed by atoms with Crippen LogP contribution in [0.5, 0.6) is 0 Å². The number of carbonyl (C=O) groups excluding carboxylic acids is 2. The van der Waals surface area contributed by atoms with Gasteiger partial charge in [0.05, 0.1) is 17.4 Å². The predicted molar refractivity (Wildman–Crippen MR) is 98.6 cm³/mol. The van der Waals surface area contributed by atoms with Crippen LogP contribution < -0.4 is 10.2 Å². The third kappa shape index (κ3) is 3.46. The number of carbonyl (C=O) groups is 2. The van der Waals surface area contributed by atoms with Crippen LogP contribution in [0.25, 0.3) is 0 Å². The highest BCUT2D eigenvalue weighted by Crippen LogP contribution is 2.36. The van der Waals surface area contributed by atoms with Crippen molar-refractivity contribution in [3.63, 3.8) is 0 Å². The summed E-state index contributed by atoms with van der Waals surface area (Å²) < 4.78 is 0. The summed E-state index contributed by atoms with van der Waals surface area (Å²) in [5.41, 5.74) is 2.61. The molecule has 1 unspecified atom stereocenters. The third-order valence-corrected chi connectivity index (χ3v) is 5.19. The summed E-state index contributed by atoms with van der Waals surface area (Å²) in [6.07, 6.45) is 0.312. The van der Waals surface area contributed by atoms with Crippen molar-refractivity contribution in [3.8, 4) is 0 Å². The second-order valence-corrected chi connectivity index (χ2v) is 7.11. The normalized spacial score (nSPS) is 16.2. The van der Waals surface area contributed by atoms with Crippen molar-refractivity contribution in [3.05, 3.63) is 54.1 Å². The molecule has 1 N–H and O–H groups in total. The lowest BCUT2D eigenvalue weighted by atomic mass is 10.1. The Morgan fingerprint density at radius 1 is 1.21 bits per heavy atom. The van der Waals surface area contributed by atoms with E-state index < -0.39 is 0 Å². The highest BCUT2D eigenvalue weighted by molar-refractivity contribution is 8.00. The van der Waals surface area contributed by atoms with Crippen molar-refractivity contribution in [1.82, 2.24) is 0 Å². The molecular formula is C19H20N2O2S. The fraction of sp³-hybridized carbons (Fsp3) is 0.263. The Bertz CT molecular complexity index is 761. The first kappa shape index (κ1) is 16.6. The Labute approximate surface area is 146 Å². The van der Waals surface area contributed by atoms with Crippen molar-refractivity contribution < 1.29 is 9.59 Å². The Morgan fingerprint density at radius 3 is 2.67 bits per heavy atom. The zero-order chi connectivity index (χ0) is 17.1. The molecule has 0 aromatic heterocycles. The first-order valence-electron chi connectivity index (χ1n) is 8.04. The maximum atomic E-state index is 12.7. The molecule has 2 amide bonds. The lowest BCUT2D eigenvalue weighted by molar-refractivity contribution is -0.118. The van der Waals surface area contributed by atoms with Crippen LogP contribution in [0.1, 0.15) is 19.4 Å². The summed E-state index contributed by atoms with van der Waals surface area (Å²) in [4.78, 5) is 27.3. The van der Waals surface area contributed by atoms with E-state index in [0.29, 0.717) is 13.0 Å². The Hall–Kier alpha value is -2.27. The van der Waals surface area contributed by atoms with Gasteiger partial charge in [-0.25, -0.2) is 0 Å². The van der Waals surface area contributed by atoms with Crippen LogP contribution in [0.4, 0.5) is 11.4 Å². The third-order valence-electron chi connectivity index (χ3n) is 4.02. The average Bonchev–Trinajstić information content (AvgIpc) is 2.58. The summed E-state index contributed by atoms with van der Waals surface area (Å²) >= 11 is 1.55. The molecule has 24 heavy (non-hydrogen) atoms. The Kier molecular flexibility index (Phi) is 4.90. The number of benzene rings is 2. The molecule has 124 valence electrons. The van der Waals surface area contributed by atoms with Crippen LogP contribution in [-0.2, 0) is 16.0 Å². The van der Waals surface area contributed by atoms with Crippen LogP contribution in [0, 0.1) is 0 Å². The second-order valence-electron chi connectivity index (χ2n) is 5.73. The molecule has 1 heterocycles.